The average Bonchev–Trinajstić information content (AvgIpc) is 2.38. The molecule has 4 nitrogen and oxygen atoms in total. The highest BCUT2D eigenvalue weighted by atomic mass is 35.5. The Morgan fingerprint density at radius 2 is 1.95 bits per heavy atom. The van der Waals surface area contributed by atoms with E-state index in [0.717, 1.165) is 5.56 Å². The van der Waals surface area contributed by atoms with Crippen molar-refractivity contribution in [3.63, 3.8) is 0 Å². The van der Waals surface area contributed by atoms with Crippen LogP contribution in [-0.4, -0.2) is 23.9 Å². The monoisotopic (exact) mass is 296 g/mol. The van der Waals surface area contributed by atoms with Crippen LogP contribution in [0.2, 0.25) is 0 Å². The van der Waals surface area contributed by atoms with Crippen LogP contribution in [0.25, 0.3) is 0 Å². The van der Waals surface area contributed by atoms with Crippen molar-refractivity contribution in [3.05, 3.63) is 35.9 Å². The highest BCUT2D eigenvalue weighted by Crippen LogP contribution is 2.46. The molecule has 0 spiro atoms. The van der Waals surface area contributed by atoms with Crippen LogP contribution in [0.3, 0.4) is 0 Å². The van der Waals surface area contributed by atoms with Crippen molar-refractivity contribution < 1.29 is 19.1 Å². The molecule has 1 fully saturated rings. The van der Waals surface area contributed by atoms with Gasteiger partial charge in [-0.25, -0.2) is 0 Å². The Morgan fingerprint density at radius 3 is 2.50 bits per heavy atom. The lowest BCUT2D eigenvalue weighted by atomic mass is 9.67. The Morgan fingerprint density at radius 1 is 1.30 bits per heavy atom. The van der Waals surface area contributed by atoms with Gasteiger partial charge in [-0.2, -0.15) is 0 Å². The minimum atomic E-state index is -1.21. The van der Waals surface area contributed by atoms with E-state index >= 15 is 0 Å². The smallest absolute Gasteiger partial charge is 0.321 e. The van der Waals surface area contributed by atoms with Crippen molar-refractivity contribution in [2.45, 2.75) is 32.5 Å². The molecular weight excluding hydrogens is 280 g/mol. The summed E-state index contributed by atoms with van der Waals surface area (Å²) < 4.78 is 10.6. The Labute approximate surface area is 123 Å². The zero-order chi connectivity index (χ0) is 14.6. The highest BCUT2D eigenvalue weighted by molar-refractivity contribution is 6.66. The fraction of sp³-hybridized carbons (Fsp3) is 0.467. The molecule has 0 amide bonds. The zero-order valence-electron chi connectivity index (χ0n) is 11.3. The summed E-state index contributed by atoms with van der Waals surface area (Å²) >= 11 is 5.55. The molecule has 0 bridgehead atoms. The number of carbonyl (C=O) groups is 2. The minimum absolute atomic E-state index is 0.137. The Balaban J connectivity index is 1.88. The van der Waals surface area contributed by atoms with Crippen molar-refractivity contribution >= 4 is 22.8 Å². The standard InChI is InChI=1S/C15H17ClO4/c1-2-19-14(18)15(13(16)17)8-12(9-15)20-10-11-6-4-3-5-7-11/h3-7,12H,2,8-10H2,1H3. The average molecular weight is 297 g/mol. The topological polar surface area (TPSA) is 52.6 Å². The number of rotatable bonds is 6. The second kappa shape index (κ2) is 6.37. The third kappa shape index (κ3) is 3.02. The van der Waals surface area contributed by atoms with Crippen molar-refractivity contribution in [2.24, 2.45) is 5.41 Å². The molecule has 20 heavy (non-hydrogen) atoms. The third-order valence-corrected chi connectivity index (χ3v) is 3.88. The van der Waals surface area contributed by atoms with E-state index in [2.05, 4.69) is 0 Å². The number of ether oxygens (including phenoxy) is 2. The first-order chi connectivity index (χ1) is 9.58. The molecule has 5 heteroatoms. The Kier molecular flexibility index (Phi) is 4.78. The number of carbonyl (C=O) groups excluding carboxylic acids is 2. The summed E-state index contributed by atoms with van der Waals surface area (Å²) in [4.78, 5) is 23.3. The normalized spacial score (nSPS) is 24.8. The minimum Gasteiger partial charge on any atom is -0.465 e. The lowest BCUT2D eigenvalue weighted by Crippen LogP contribution is -2.52. The van der Waals surface area contributed by atoms with Crippen LogP contribution < -0.4 is 0 Å². The Bertz CT molecular complexity index is 480. The summed E-state index contributed by atoms with van der Waals surface area (Å²) in [6, 6.07) is 9.73. The van der Waals surface area contributed by atoms with Crippen molar-refractivity contribution in [3.8, 4) is 0 Å². The molecule has 0 unspecified atom stereocenters. The van der Waals surface area contributed by atoms with Gasteiger partial charge in [-0.3, -0.25) is 9.59 Å². The first-order valence-corrected chi connectivity index (χ1v) is 6.99. The lowest BCUT2D eigenvalue weighted by molar-refractivity contribution is -0.176. The zero-order valence-corrected chi connectivity index (χ0v) is 12.1. The summed E-state index contributed by atoms with van der Waals surface area (Å²) in [6.07, 6.45) is 0.449. The predicted octanol–water partition coefficient (Wildman–Crippen LogP) is 2.68. The first kappa shape index (κ1) is 15.0. The number of esters is 1. The van der Waals surface area contributed by atoms with Gasteiger partial charge in [0.15, 0.2) is 0 Å². The molecular formula is C15H17ClO4. The molecule has 1 saturated carbocycles. The molecule has 0 aromatic heterocycles. The second-order valence-electron chi connectivity index (χ2n) is 4.90. The van der Waals surface area contributed by atoms with Gasteiger partial charge in [0.2, 0.25) is 5.24 Å². The molecule has 1 aromatic carbocycles. The molecule has 1 aromatic rings. The van der Waals surface area contributed by atoms with E-state index < -0.39 is 16.6 Å². The summed E-state index contributed by atoms with van der Waals surface area (Å²) in [5, 5.41) is -0.657. The van der Waals surface area contributed by atoms with Crippen LogP contribution in [0.4, 0.5) is 0 Å². The third-order valence-electron chi connectivity index (χ3n) is 3.52. The molecule has 0 radical (unpaired) electrons. The Hall–Kier alpha value is -1.39. The molecule has 0 aliphatic heterocycles. The van der Waals surface area contributed by atoms with Gasteiger partial charge in [0.1, 0.15) is 5.41 Å². The van der Waals surface area contributed by atoms with E-state index in [9.17, 15) is 9.59 Å². The van der Waals surface area contributed by atoms with Crippen LogP contribution in [0.15, 0.2) is 30.3 Å². The maximum atomic E-state index is 11.8. The van der Waals surface area contributed by atoms with Gasteiger partial charge in [-0.1, -0.05) is 30.3 Å². The van der Waals surface area contributed by atoms with Crippen LogP contribution in [0, 0.1) is 5.41 Å². The van der Waals surface area contributed by atoms with Gasteiger partial charge in [-0.05, 0) is 36.9 Å². The molecule has 1 aliphatic rings. The van der Waals surface area contributed by atoms with Gasteiger partial charge < -0.3 is 9.47 Å². The fourth-order valence-corrected chi connectivity index (χ4v) is 2.53. The molecule has 0 heterocycles. The van der Waals surface area contributed by atoms with Crippen LogP contribution in [-0.2, 0) is 25.7 Å². The second-order valence-corrected chi connectivity index (χ2v) is 5.25. The van der Waals surface area contributed by atoms with E-state index in [1.165, 1.54) is 0 Å². The quantitative estimate of drug-likeness (QED) is 0.460. The summed E-state index contributed by atoms with van der Waals surface area (Å²) in [5.41, 5.74) is -0.155. The highest BCUT2D eigenvalue weighted by Gasteiger charge is 2.57. The van der Waals surface area contributed by atoms with E-state index in [1.807, 2.05) is 30.3 Å². The summed E-state index contributed by atoms with van der Waals surface area (Å²) in [5.74, 6) is -0.542. The maximum absolute atomic E-state index is 11.8. The molecule has 2 rings (SSSR count). The molecule has 1 aliphatic carbocycles. The van der Waals surface area contributed by atoms with Crippen LogP contribution >= 0.6 is 11.6 Å². The van der Waals surface area contributed by atoms with Crippen molar-refractivity contribution in [1.82, 2.24) is 0 Å². The van der Waals surface area contributed by atoms with Gasteiger partial charge in [0, 0.05) is 0 Å². The van der Waals surface area contributed by atoms with Crippen LogP contribution in [0.1, 0.15) is 25.3 Å². The largest absolute Gasteiger partial charge is 0.465 e. The first-order valence-electron chi connectivity index (χ1n) is 6.61. The van der Waals surface area contributed by atoms with Gasteiger partial charge >= 0.3 is 5.97 Å². The SMILES string of the molecule is CCOC(=O)C1(C(=O)Cl)CC(OCc2ccccc2)C1. The number of halogens is 1. The number of benzene rings is 1. The van der Waals surface area contributed by atoms with E-state index in [-0.39, 0.29) is 12.7 Å². The van der Waals surface area contributed by atoms with E-state index in [4.69, 9.17) is 21.1 Å². The number of hydrogen-bond acceptors (Lipinski definition) is 4. The number of hydrogen-bond donors (Lipinski definition) is 0. The van der Waals surface area contributed by atoms with Crippen molar-refractivity contribution in [1.29, 1.82) is 0 Å². The summed E-state index contributed by atoms with van der Waals surface area (Å²) in [6.45, 7) is 2.40. The van der Waals surface area contributed by atoms with E-state index in [1.54, 1.807) is 6.92 Å². The molecule has 0 N–H and O–H groups in total. The lowest BCUT2D eigenvalue weighted by Gasteiger charge is -2.42. The van der Waals surface area contributed by atoms with E-state index in [0.29, 0.717) is 19.4 Å². The van der Waals surface area contributed by atoms with Crippen LogP contribution in [0.5, 0.6) is 0 Å². The maximum Gasteiger partial charge on any atom is 0.321 e. The molecule has 0 saturated heterocycles. The van der Waals surface area contributed by atoms with Crippen molar-refractivity contribution in [2.75, 3.05) is 6.61 Å². The predicted molar refractivity (Wildman–Crippen MR) is 74.2 cm³/mol. The molecule has 0 atom stereocenters. The van der Waals surface area contributed by atoms with Gasteiger partial charge in [0.05, 0.1) is 19.3 Å². The summed E-state index contributed by atoms with van der Waals surface area (Å²) in [7, 11) is 0. The molecule has 108 valence electrons. The van der Waals surface area contributed by atoms with Gasteiger partial charge in [0.25, 0.3) is 0 Å². The fourth-order valence-electron chi connectivity index (χ4n) is 2.30. The van der Waals surface area contributed by atoms with Gasteiger partial charge in [-0.15, -0.1) is 0 Å².